The van der Waals surface area contributed by atoms with E-state index in [9.17, 15) is 4.39 Å². The van der Waals surface area contributed by atoms with Gasteiger partial charge in [0, 0.05) is 18.8 Å². The van der Waals surface area contributed by atoms with Crippen LogP contribution in [0.2, 0.25) is 0 Å². The Morgan fingerprint density at radius 2 is 2.10 bits per heavy atom. The maximum absolute atomic E-state index is 13.6. The third-order valence-electron chi connectivity index (χ3n) is 3.47. The van der Waals surface area contributed by atoms with Crippen molar-refractivity contribution in [1.82, 2.24) is 20.3 Å². The third kappa shape index (κ3) is 2.24. The van der Waals surface area contributed by atoms with Crippen molar-refractivity contribution in [3.8, 4) is 0 Å². The number of aromatic nitrogens is 3. The van der Waals surface area contributed by atoms with Crippen LogP contribution >= 0.6 is 0 Å². The zero-order chi connectivity index (χ0) is 14.3. The summed E-state index contributed by atoms with van der Waals surface area (Å²) in [6.45, 7) is 4.73. The van der Waals surface area contributed by atoms with Gasteiger partial charge in [-0.15, -0.1) is 0 Å². The van der Waals surface area contributed by atoms with Gasteiger partial charge in [0.15, 0.2) is 5.65 Å². The lowest BCUT2D eigenvalue weighted by Crippen LogP contribution is -2.30. The number of pyridine rings is 1. The molecule has 3 heterocycles. The Morgan fingerprint density at radius 3 is 2.80 bits per heavy atom. The van der Waals surface area contributed by atoms with E-state index < -0.39 is 6.17 Å². The van der Waals surface area contributed by atoms with Gasteiger partial charge < -0.3 is 16.4 Å². The lowest BCUT2D eigenvalue weighted by Gasteiger charge is -2.15. The lowest BCUT2D eigenvalue weighted by molar-refractivity contribution is 0.342. The number of rotatable bonds is 2. The Balaban J connectivity index is 2.01. The van der Waals surface area contributed by atoms with Gasteiger partial charge in [-0.3, -0.25) is 0 Å². The normalized spacial score (nSPS) is 22.4. The van der Waals surface area contributed by atoms with E-state index in [-0.39, 0.29) is 6.04 Å². The average molecular weight is 276 g/mol. The highest BCUT2D eigenvalue weighted by Crippen LogP contribution is 2.23. The van der Waals surface area contributed by atoms with Crippen LogP contribution in [0.1, 0.15) is 11.3 Å². The minimum Gasteiger partial charge on any atom is -0.383 e. The molecule has 20 heavy (non-hydrogen) atoms. The second kappa shape index (κ2) is 4.82. The number of nitrogens with one attached hydrogen (secondary N) is 2. The molecule has 6 nitrogen and oxygen atoms in total. The standard InChI is InChI=1S/C13H17FN6/c1-6-3-7(2)17-12-10(6)11(15)19-13(20-12)18-9-5-16-4-8(9)14/h3,8-9,16H,4-5H2,1-2H3,(H3,15,17,18,19,20)/t8-,9+/m0/s1. The first kappa shape index (κ1) is 13.0. The van der Waals surface area contributed by atoms with E-state index in [1.54, 1.807) is 0 Å². The molecule has 0 bridgehead atoms. The smallest absolute Gasteiger partial charge is 0.227 e. The quantitative estimate of drug-likeness (QED) is 0.756. The third-order valence-corrected chi connectivity index (χ3v) is 3.47. The zero-order valence-electron chi connectivity index (χ0n) is 11.4. The number of halogens is 1. The molecule has 2 aromatic heterocycles. The van der Waals surface area contributed by atoms with Crippen molar-refractivity contribution in [3.05, 3.63) is 17.3 Å². The van der Waals surface area contributed by atoms with Gasteiger partial charge in [-0.05, 0) is 25.5 Å². The van der Waals surface area contributed by atoms with Crippen molar-refractivity contribution in [2.24, 2.45) is 0 Å². The van der Waals surface area contributed by atoms with Gasteiger partial charge in [-0.1, -0.05) is 0 Å². The van der Waals surface area contributed by atoms with Crippen molar-refractivity contribution >= 4 is 22.8 Å². The Kier molecular flexibility index (Phi) is 3.13. The van der Waals surface area contributed by atoms with Crippen molar-refractivity contribution in [2.75, 3.05) is 24.1 Å². The van der Waals surface area contributed by atoms with E-state index in [1.165, 1.54) is 0 Å². The van der Waals surface area contributed by atoms with Gasteiger partial charge in [0.1, 0.15) is 12.0 Å². The Bertz CT molecular complexity index is 659. The van der Waals surface area contributed by atoms with Crippen LogP contribution in [0.25, 0.3) is 11.0 Å². The number of nitrogen functional groups attached to an aromatic ring is 1. The van der Waals surface area contributed by atoms with Gasteiger partial charge in [0.05, 0.1) is 11.4 Å². The summed E-state index contributed by atoms with van der Waals surface area (Å²) in [7, 11) is 0. The highest BCUT2D eigenvalue weighted by molar-refractivity contribution is 5.89. The number of hydrogen-bond donors (Lipinski definition) is 3. The van der Waals surface area contributed by atoms with E-state index in [4.69, 9.17) is 5.73 Å². The largest absolute Gasteiger partial charge is 0.383 e. The maximum Gasteiger partial charge on any atom is 0.227 e. The molecule has 0 spiro atoms. The number of anilines is 2. The molecule has 3 rings (SSSR count). The zero-order valence-corrected chi connectivity index (χ0v) is 11.4. The second-order valence-corrected chi connectivity index (χ2v) is 5.14. The summed E-state index contributed by atoms with van der Waals surface area (Å²) < 4.78 is 13.6. The first-order chi connectivity index (χ1) is 9.54. The van der Waals surface area contributed by atoms with E-state index in [1.807, 2.05) is 19.9 Å². The van der Waals surface area contributed by atoms with Crippen LogP contribution in [0.4, 0.5) is 16.2 Å². The Morgan fingerprint density at radius 1 is 1.30 bits per heavy atom. The molecule has 0 unspecified atom stereocenters. The topological polar surface area (TPSA) is 88.8 Å². The molecule has 4 N–H and O–H groups in total. The summed E-state index contributed by atoms with van der Waals surface area (Å²) in [5, 5.41) is 6.71. The summed E-state index contributed by atoms with van der Waals surface area (Å²) >= 11 is 0. The Labute approximate surface area is 116 Å². The monoisotopic (exact) mass is 276 g/mol. The predicted octanol–water partition coefficient (Wildman–Crippen LogP) is 0.946. The first-order valence-corrected chi connectivity index (χ1v) is 6.57. The molecule has 0 aliphatic carbocycles. The molecular formula is C13H17FN6. The molecule has 1 saturated heterocycles. The van der Waals surface area contributed by atoms with Gasteiger partial charge in [-0.25, -0.2) is 9.37 Å². The van der Waals surface area contributed by atoms with Crippen molar-refractivity contribution in [1.29, 1.82) is 0 Å². The number of fused-ring (bicyclic) bond motifs is 1. The van der Waals surface area contributed by atoms with E-state index in [2.05, 4.69) is 25.6 Å². The SMILES string of the molecule is Cc1cc(C)c2c(N)nc(N[C@@H]3CNC[C@@H]3F)nc2n1. The number of nitrogens with two attached hydrogens (primary N) is 1. The van der Waals surface area contributed by atoms with Crippen molar-refractivity contribution in [2.45, 2.75) is 26.1 Å². The molecule has 1 aliphatic rings. The van der Waals surface area contributed by atoms with E-state index in [0.29, 0.717) is 30.5 Å². The number of nitrogens with zero attached hydrogens (tertiary/aromatic N) is 3. The second-order valence-electron chi connectivity index (χ2n) is 5.14. The van der Waals surface area contributed by atoms with Crippen LogP contribution in [0.3, 0.4) is 0 Å². The fraction of sp³-hybridized carbons (Fsp3) is 0.462. The van der Waals surface area contributed by atoms with Gasteiger partial charge >= 0.3 is 0 Å². The fourth-order valence-electron chi connectivity index (χ4n) is 2.53. The molecule has 1 fully saturated rings. The van der Waals surface area contributed by atoms with Gasteiger partial charge in [0.2, 0.25) is 5.95 Å². The number of hydrogen-bond acceptors (Lipinski definition) is 6. The minimum absolute atomic E-state index is 0.323. The highest BCUT2D eigenvalue weighted by atomic mass is 19.1. The summed E-state index contributed by atoms with van der Waals surface area (Å²) in [5.41, 5.74) is 8.37. The first-order valence-electron chi connectivity index (χ1n) is 6.57. The predicted molar refractivity (Wildman–Crippen MR) is 76.4 cm³/mol. The molecule has 0 saturated carbocycles. The molecular weight excluding hydrogens is 259 g/mol. The summed E-state index contributed by atoms with van der Waals surface area (Å²) in [6.07, 6.45) is -0.956. The maximum atomic E-state index is 13.6. The summed E-state index contributed by atoms with van der Waals surface area (Å²) in [5.74, 6) is 0.688. The van der Waals surface area contributed by atoms with Crippen molar-refractivity contribution < 1.29 is 4.39 Å². The van der Waals surface area contributed by atoms with Gasteiger partial charge in [-0.2, -0.15) is 9.97 Å². The lowest BCUT2D eigenvalue weighted by atomic mass is 10.1. The fourth-order valence-corrected chi connectivity index (χ4v) is 2.53. The molecule has 0 aromatic carbocycles. The molecule has 0 amide bonds. The molecule has 2 atom stereocenters. The van der Waals surface area contributed by atoms with Crippen LogP contribution in [-0.4, -0.2) is 40.3 Å². The molecule has 106 valence electrons. The summed E-state index contributed by atoms with van der Waals surface area (Å²) in [4.78, 5) is 12.9. The Hall–Kier alpha value is -2.02. The van der Waals surface area contributed by atoms with E-state index >= 15 is 0 Å². The molecule has 7 heteroatoms. The van der Waals surface area contributed by atoms with Crippen LogP contribution in [0.15, 0.2) is 6.07 Å². The average Bonchev–Trinajstić information content (AvgIpc) is 2.73. The van der Waals surface area contributed by atoms with Crippen LogP contribution in [0, 0.1) is 13.8 Å². The summed E-state index contributed by atoms with van der Waals surface area (Å²) in [6, 6.07) is 1.60. The van der Waals surface area contributed by atoms with E-state index in [0.717, 1.165) is 16.6 Å². The molecule has 0 radical (unpaired) electrons. The highest BCUT2D eigenvalue weighted by Gasteiger charge is 2.27. The van der Waals surface area contributed by atoms with Crippen LogP contribution in [-0.2, 0) is 0 Å². The van der Waals surface area contributed by atoms with Crippen LogP contribution < -0.4 is 16.4 Å². The number of aryl methyl sites for hydroxylation is 2. The van der Waals surface area contributed by atoms with Gasteiger partial charge in [0.25, 0.3) is 0 Å². The minimum atomic E-state index is -0.956. The molecule has 2 aromatic rings. The van der Waals surface area contributed by atoms with Crippen molar-refractivity contribution in [3.63, 3.8) is 0 Å². The van der Waals surface area contributed by atoms with Crippen LogP contribution in [0.5, 0.6) is 0 Å². The molecule has 1 aliphatic heterocycles. The number of alkyl halides is 1.